The number of carbonyl (C=O) groups is 3. The maximum absolute atomic E-state index is 14.1. The fourth-order valence-corrected chi connectivity index (χ4v) is 5.72. The summed E-state index contributed by atoms with van der Waals surface area (Å²) in [5, 5.41) is 3.90. The number of aromatic nitrogens is 1. The SMILES string of the molecule is CC(C)CCNC(=O)c1ccccc1N1C(=O)[C@@H]2Cc3c([nH]c4ccccc34)C(c3ccc(F)cc3)N2C1=O. The van der Waals surface area contributed by atoms with Gasteiger partial charge in [0.25, 0.3) is 11.8 Å². The lowest BCUT2D eigenvalue weighted by Gasteiger charge is -2.36. The average Bonchev–Trinajstić information content (AvgIpc) is 3.42. The quantitative estimate of drug-likeness (QED) is 0.324. The molecule has 7 nitrogen and oxygen atoms in total. The first-order valence-corrected chi connectivity index (χ1v) is 13.2. The first kappa shape index (κ1) is 24.9. The molecule has 3 heterocycles. The number of aromatic amines is 1. The largest absolute Gasteiger partial charge is 0.356 e. The van der Waals surface area contributed by atoms with Gasteiger partial charge in [-0.05, 0) is 53.8 Å². The zero-order valence-corrected chi connectivity index (χ0v) is 21.8. The van der Waals surface area contributed by atoms with E-state index in [2.05, 4.69) is 24.1 Å². The van der Waals surface area contributed by atoms with Gasteiger partial charge >= 0.3 is 6.03 Å². The lowest BCUT2D eigenvalue weighted by molar-refractivity contribution is -0.120. The molecule has 2 atom stereocenters. The summed E-state index contributed by atoms with van der Waals surface area (Å²) in [6.07, 6.45) is 1.15. The van der Waals surface area contributed by atoms with Gasteiger partial charge in [0.2, 0.25) is 0 Å². The molecule has 1 aromatic heterocycles. The van der Waals surface area contributed by atoms with Gasteiger partial charge < -0.3 is 10.3 Å². The van der Waals surface area contributed by atoms with Gasteiger partial charge in [-0.25, -0.2) is 14.1 Å². The first-order chi connectivity index (χ1) is 18.8. The number of H-pyrrole nitrogens is 1. The molecular formula is C31H29FN4O3. The van der Waals surface area contributed by atoms with Crippen molar-refractivity contribution in [3.63, 3.8) is 0 Å². The summed E-state index contributed by atoms with van der Waals surface area (Å²) in [7, 11) is 0. The fourth-order valence-electron chi connectivity index (χ4n) is 5.72. The van der Waals surface area contributed by atoms with E-state index in [1.165, 1.54) is 12.1 Å². The van der Waals surface area contributed by atoms with E-state index < -0.39 is 18.1 Å². The number of fused-ring (bicyclic) bond motifs is 4. The summed E-state index contributed by atoms with van der Waals surface area (Å²) in [5.41, 5.74) is 3.90. The lowest BCUT2D eigenvalue weighted by atomic mass is 9.89. The first-order valence-electron chi connectivity index (χ1n) is 13.2. The van der Waals surface area contributed by atoms with Crippen LogP contribution in [0.15, 0.2) is 72.8 Å². The highest BCUT2D eigenvalue weighted by atomic mass is 19.1. The third-order valence-electron chi connectivity index (χ3n) is 7.63. The maximum atomic E-state index is 14.1. The van der Waals surface area contributed by atoms with Gasteiger partial charge in [0.1, 0.15) is 17.9 Å². The van der Waals surface area contributed by atoms with Crippen molar-refractivity contribution >= 4 is 34.4 Å². The average molecular weight is 525 g/mol. The zero-order chi connectivity index (χ0) is 27.3. The van der Waals surface area contributed by atoms with Crippen molar-refractivity contribution < 1.29 is 18.8 Å². The Hall–Kier alpha value is -4.46. The number of urea groups is 1. The molecule has 3 aromatic carbocycles. The number of halogens is 1. The van der Waals surface area contributed by atoms with E-state index in [4.69, 9.17) is 0 Å². The van der Waals surface area contributed by atoms with Gasteiger partial charge in [-0.1, -0.05) is 56.3 Å². The number of hydrogen-bond donors (Lipinski definition) is 2. The normalized spacial score (nSPS) is 18.6. The number of para-hydroxylation sites is 2. The van der Waals surface area contributed by atoms with Crippen molar-refractivity contribution in [2.45, 2.75) is 38.8 Å². The van der Waals surface area contributed by atoms with Crippen molar-refractivity contribution in [1.29, 1.82) is 0 Å². The van der Waals surface area contributed by atoms with Crippen molar-refractivity contribution in [3.8, 4) is 0 Å². The van der Waals surface area contributed by atoms with E-state index in [1.807, 2.05) is 24.3 Å². The summed E-state index contributed by atoms with van der Waals surface area (Å²) < 4.78 is 13.9. The van der Waals surface area contributed by atoms with Gasteiger partial charge in [-0.2, -0.15) is 0 Å². The molecule has 1 fully saturated rings. The number of benzene rings is 3. The molecule has 4 amide bonds. The summed E-state index contributed by atoms with van der Waals surface area (Å²) in [6, 6.07) is 18.6. The van der Waals surface area contributed by atoms with Crippen LogP contribution in [0.4, 0.5) is 14.9 Å². The number of carbonyl (C=O) groups excluding carboxylic acids is 3. The van der Waals surface area contributed by atoms with Crippen LogP contribution in [0.1, 0.15) is 53.5 Å². The highest BCUT2D eigenvalue weighted by Crippen LogP contribution is 2.45. The van der Waals surface area contributed by atoms with Gasteiger partial charge in [-0.3, -0.25) is 14.5 Å². The molecule has 2 N–H and O–H groups in total. The van der Waals surface area contributed by atoms with Crippen molar-refractivity contribution in [2.24, 2.45) is 5.92 Å². The number of anilines is 1. The fraction of sp³-hybridized carbons (Fsp3) is 0.258. The number of amides is 4. The summed E-state index contributed by atoms with van der Waals surface area (Å²) in [4.78, 5) is 47.4. The van der Waals surface area contributed by atoms with Crippen LogP contribution in [-0.2, 0) is 11.2 Å². The molecule has 1 saturated heterocycles. The van der Waals surface area contributed by atoms with Crippen molar-refractivity contribution in [3.05, 3.63) is 101 Å². The molecule has 8 heteroatoms. The molecule has 0 bridgehead atoms. The van der Waals surface area contributed by atoms with E-state index in [0.717, 1.165) is 33.5 Å². The molecule has 2 aliphatic rings. The van der Waals surface area contributed by atoms with Crippen LogP contribution in [0.25, 0.3) is 10.9 Å². The van der Waals surface area contributed by atoms with E-state index >= 15 is 0 Å². The van der Waals surface area contributed by atoms with Gasteiger partial charge in [-0.15, -0.1) is 0 Å². The van der Waals surface area contributed by atoms with Crippen LogP contribution in [0.2, 0.25) is 0 Å². The predicted octanol–water partition coefficient (Wildman–Crippen LogP) is 5.57. The smallest absolute Gasteiger partial charge is 0.332 e. The Balaban J connectivity index is 1.43. The Morgan fingerprint density at radius 2 is 1.74 bits per heavy atom. The van der Waals surface area contributed by atoms with Crippen molar-refractivity contribution in [1.82, 2.24) is 15.2 Å². The summed E-state index contributed by atoms with van der Waals surface area (Å²) in [6.45, 7) is 4.65. The Morgan fingerprint density at radius 3 is 2.51 bits per heavy atom. The lowest BCUT2D eigenvalue weighted by Crippen LogP contribution is -2.44. The van der Waals surface area contributed by atoms with Crippen LogP contribution in [0.3, 0.4) is 0 Å². The number of rotatable bonds is 6. The standard InChI is InChI=1S/C31H29FN4O3/c1-18(2)15-16-33-29(37)22-8-4-6-10-25(22)36-30(38)26-17-23-21-7-3-5-9-24(21)34-27(23)28(35(26)31(36)39)19-11-13-20(32)14-12-19/h3-14,18,26,28,34H,15-17H2,1-2H3,(H,33,37)/t26-,28?/m0/s1. The van der Waals surface area contributed by atoms with Crippen molar-refractivity contribution in [2.75, 3.05) is 11.4 Å². The highest BCUT2D eigenvalue weighted by molar-refractivity contribution is 6.24. The molecule has 0 spiro atoms. The maximum Gasteiger partial charge on any atom is 0.332 e. The van der Waals surface area contributed by atoms with Gasteiger partial charge in [0.15, 0.2) is 0 Å². The summed E-state index contributed by atoms with van der Waals surface area (Å²) in [5.74, 6) is -0.672. The predicted molar refractivity (Wildman–Crippen MR) is 147 cm³/mol. The van der Waals surface area contributed by atoms with Gasteiger partial charge in [0.05, 0.1) is 11.3 Å². The van der Waals surface area contributed by atoms with Crippen LogP contribution in [0.5, 0.6) is 0 Å². The monoisotopic (exact) mass is 524 g/mol. The molecule has 0 aliphatic carbocycles. The minimum absolute atomic E-state index is 0.260. The van der Waals surface area contributed by atoms with Crippen LogP contribution < -0.4 is 10.2 Å². The minimum atomic E-state index is -0.767. The number of nitrogens with zero attached hydrogens (tertiary/aromatic N) is 2. The number of hydrogen-bond acceptors (Lipinski definition) is 3. The Bertz CT molecular complexity index is 1590. The third-order valence-corrected chi connectivity index (χ3v) is 7.63. The molecule has 0 saturated carbocycles. The van der Waals surface area contributed by atoms with Crippen LogP contribution >= 0.6 is 0 Å². The molecule has 0 radical (unpaired) electrons. The van der Waals surface area contributed by atoms with Crippen LogP contribution in [-0.4, -0.2) is 40.3 Å². The zero-order valence-electron chi connectivity index (χ0n) is 21.8. The molecule has 1 unspecified atom stereocenters. The second-order valence-corrected chi connectivity index (χ2v) is 10.6. The van der Waals surface area contributed by atoms with E-state index in [1.54, 1.807) is 41.3 Å². The topological polar surface area (TPSA) is 85.5 Å². The number of nitrogens with one attached hydrogen (secondary N) is 2. The molecule has 4 aromatic rings. The second-order valence-electron chi connectivity index (χ2n) is 10.6. The number of imide groups is 1. The Kier molecular flexibility index (Phi) is 6.17. The molecule has 198 valence electrons. The van der Waals surface area contributed by atoms with Crippen LogP contribution in [0, 0.1) is 11.7 Å². The van der Waals surface area contributed by atoms with E-state index in [-0.39, 0.29) is 28.9 Å². The molecule has 39 heavy (non-hydrogen) atoms. The Morgan fingerprint density at radius 1 is 1.03 bits per heavy atom. The van der Waals surface area contributed by atoms with E-state index in [0.29, 0.717) is 24.4 Å². The summed E-state index contributed by atoms with van der Waals surface area (Å²) >= 11 is 0. The molecule has 6 rings (SSSR count). The molecular weight excluding hydrogens is 495 g/mol. The third kappa shape index (κ3) is 4.16. The van der Waals surface area contributed by atoms with E-state index in [9.17, 15) is 18.8 Å². The second kappa shape index (κ2) is 9.69. The van der Waals surface area contributed by atoms with Gasteiger partial charge in [0, 0.05) is 29.6 Å². The Labute approximate surface area is 225 Å². The highest BCUT2D eigenvalue weighted by Gasteiger charge is 2.53. The molecule has 2 aliphatic heterocycles. The minimum Gasteiger partial charge on any atom is -0.356 e.